The van der Waals surface area contributed by atoms with Gasteiger partial charge in [0.25, 0.3) is 0 Å². The molecule has 2 heterocycles. The summed E-state index contributed by atoms with van der Waals surface area (Å²) < 4.78 is 6.65. The lowest BCUT2D eigenvalue weighted by atomic mass is 9.77. The van der Waals surface area contributed by atoms with Gasteiger partial charge in [-0.05, 0) is 49.7 Å². The number of hydrogen-bond acceptors (Lipinski definition) is 5. The summed E-state index contributed by atoms with van der Waals surface area (Å²) in [6, 6.07) is 0. The number of allylic oxidation sites excluding steroid dienone is 1. The number of carboxylic acids is 2. The summed E-state index contributed by atoms with van der Waals surface area (Å²) >= 11 is 0. The van der Waals surface area contributed by atoms with Crippen LogP contribution in [0.1, 0.15) is 66.2 Å². The molecule has 1 fully saturated rings. The Bertz CT molecular complexity index is 717. The molecule has 0 spiro atoms. The molecule has 0 aromatic carbocycles. The first-order valence-corrected chi connectivity index (χ1v) is 11.6. The van der Waals surface area contributed by atoms with Gasteiger partial charge in [0, 0.05) is 11.5 Å². The zero-order valence-electron chi connectivity index (χ0n) is 19.5. The Labute approximate surface area is 185 Å². The molecule has 0 saturated carbocycles. The standard InChI is InChI=1S/C24H39NO6/c1-6-15(20(26)11-21(27)28)12-24(4)13-16(7-2)22(31-24)17(8-3)18-9-10-25(5)14-19(18)23(29)30/h9-10,15-17,20,22,26H,6-8,11-14H2,1-5H3,(H,27,28)(H,29,30). The summed E-state index contributed by atoms with van der Waals surface area (Å²) in [6.45, 7) is 8.58. The van der Waals surface area contributed by atoms with Crippen molar-refractivity contribution in [3.8, 4) is 0 Å². The summed E-state index contributed by atoms with van der Waals surface area (Å²) in [5.41, 5.74) is 0.669. The molecule has 2 aliphatic rings. The molecule has 0 aromatic rings. The van der Waals surface area contributed by atoms with Gasteiger partial charge in [0.2, 0.25) is 0 Å². The fraction of sp³-hybridized carbons (Fsp3) is 0.750. The first-order chi connectivity index (χ1) is 14.5. The van der Waals surface area contributed by atoms with Gasteiger partial charge in [-0.25, -0.2) is 0 Å². The van der Waals surface area contributed by atoms with E-state index < -0.39 is 23.6 Å². The van der Waals surface area contributed by atoms with Crippen molar-refractivity contribution in [1.29, 1.82) is 0 Å². The van der Waals surface area contributed by atoms with E-state index in [2.05, 4.69) is 13.8 Å². The van der Waals surface area contributed by atoms with Crippen molar-refractivity contribution in [1.82, 2.24) is 0 Å². The lowest BCUT2D eigenvalue weighted by Gasteiger charge is -2.34. The van der Waals surface area contributed by atoms with Gasteiger partial charge >= 0.3 is 5.97 Å². The third-order valence-corrected chi connectivity index (χ3v) is 7.08. The highest BCUT2D eigenvalue weighted by Gasteiger charge is 2.47. The third kappa shape index (κ3) is 6.18. The van der Waals surface area contributed by atoms with Crippen LogP contribution >= 0.6 is 0 Å². The first-order valence-electron chi connectivity index (χ1n) is 11.6. The molecule has 31 heavy (non-hydrogen) atoms. The molecule has 0 radical (unpaired) electrons. The highest BCUT2D eigenvalue weighted by atomic mass is 16.5. The van der Waals surface area contributed by atoms with Gasteiger partial charge in [-0.15, -0.1) is 0 Å². The van der Waals surface area contributed by atoms with Gasteiger partial charge in [-0.2, -0.15) is 0 Å². The predicted octanol–water partition coefficient (Wildman–Crippen LogP) is 0.927. The van der Waals surface area contributed by atoms with Crippen molar-refractivity contribution in [2.75, 3.05) is 13.6 Å². The number of likely N-dealkylation sites (N-methyl/N-ethyl adjacent to an activating group) is 1. The molecule has 7 atom stereocenters. The number of carboxylic acid groups (broad SMARTS) is 2. The molecule has 0 aromatic heterocycles. The second-order valence-corrected chi connectivity index (χ2v) is 9.54. The number of aliphatic hydroxyl groups is 1. The number of aliphatic carboxylic acids is 2. The van der Waals surface area contributed by atoms with Crippen LogP contribution < -0.4 is 10.0 Å². The Morgan fingerprint density at radius 1 is 1.32 bits per heavy atom. The van der Waals surface area contributed by atoms with Gasteiger partial charge in [-0.1, -0.05) is 33.6 Å². The monoisotopic (exact) mass is 437 g/mol. The van der Waals surface area contributed by atoms with Crippen LogP contribution in [0.2, 0.25) is 0 Å². The van der Waals surface area contributed by atoms with Gasteiger partial charge in [0.1, 0.15) is 6.54 Å². The maximum atomic E-state index is 11.8. The molecule has 7 heteroatoms. The average Bonchev–Trinajstić information content (AvgIpc) is 3.03. The molecule has 0 aliphatic carbocycles. The molecule has 2 rings (SSSR count). The SMILES string of the molecule is CCC(CC1(C)CC(CC)C(C(CC)C2=C(C(=O)[O-])C[NH+](C)C=C2)O1)C(O)CC(=O)O. The molecule has 1 saturated heterocycles. The van der Waals surface area contributed by atoms with E-state index >= 15 is 0 Å². The van der Waals surface area contributed by atoms with Crippen molar-refractivity contribution < 1.29 is 34.5 Å². The highest BCUT2D eigenvalue weighted by Crippen LogP contribution is 2.46. The van der Waals surface area contributed by atoms with Gasteiger partial charge in [0.05, 0.1) is 43.4 Å². The summed E-state index contributed by atoms with van der Waals surface area (Å²) in [4.78, 5) is 23.9. The maximum absolute atomic E-state index is 11.8. The van der Waals surface area contributed by atoms with Gasteiger partial charge < -0.3 is 29.8 Å². The van der Waals surface area contributed by atoms with Crippen molar-refractivity contribution in [2.45, 2.75) is 84.0 Å². The van der Waals surface area contributed by atoms with Crippen molar-refractivity contribution in [3.63, 3.8) is 0 Å². The van der Waals surface area contributed by atoms with Crippen LogP contribution in [0.15, 0.2) is 23.4 Å². The summed E-state index contributed by atoms with van der Waals surface area (Å²) in [7, 11) is 1.92. The Morgan fingerprint density at radius 2 is 2.00 bits per heavy atom. The summed E-state index contributed by atoms with van der Waals surface area (Å²) in [5, 5.41) is 31.3. The zero-order chi connectivity index (χ0) is 23.3. The van der Waals surface area contributed by atoms with E-state index in [1.165, 1.54) is 0 Å². The van der Waals surface area contributed by atoms with Crippen molar-refractivity contribution in [3.05, 3.63) is 23.4 Å². The van der Waals surface area contributed by atoms with Gasteiger partial charge in [0.15, 0.2) is 0 Å². The number of ether oxygens (including phenoxy) is 1. The van der Waals surface area contributed by atoms with E-state index in [0.29, 0.717) is 25.0 Å². The highest BCUT2D eigenvalue weighted by molar-refractivity contribution is 5.87. The molecule has 0 amide bonds. The summed E-state index contributed by atoms with van der Waals surface area (Å²) in [6.07, 6.45) is 6.32. The number of hydrogen-bond donors (Lipinski definition) is 3. The Balaban J connectivity index is 2.28. The molecule has 176 valence electrons. The molecule has 7 unspecified atom stereocenters. The Morgan fingerprint density at radius 3 is 2.52 bits per heavy atom. The van der Waals surface area contributed by atoms with Crippen molar-refractivity contribution >= 4 is 11.9 Å². The fourth-order valence-corrected chi connectivity index (χ4v) is 5.45. The molecule has 2 aliphatic heterocycles. The van der Waals surface area contributed by atoms with E-state index in [1.807, 2.05) is 33.2 Å². The van der Waals surface area contributed by atoms with Crippen molar-refractivity contribution in [2.24, 2.45) is 17.8 Å². The number of carbonyl (C=O) groups is 2. The second kappa shape index (κ2) is 10.7. The molecule has 3 N–H and O–H groups in total. The van der Waals surface area contributed by atoms with Crippen LogP contribution in [-0.2, 0) is 14.3 Å². The minimum atomic E-state index is -1.12. The maximum Gasteiger partial charge on any atom is 0.305 e. The van der Waals surface area contributed by atoms with Crippen LogP contribution in [0.3, 0.4) is 0 Å². The van der Waals surface area contributed by atoms with E-state index in [4.69, 9.17) is 9.84 Å². The number of aliphatic hydroxyl groups excluding tert-OH is 1. The number of rotatable bonds is 11. The van der Waals surface area contributed by atoms with Gasteiger partial charge in [-0.3, -0.25) is 4.79 Å². The van der Waals surface area contributed by atoms with E-state index in [-0.39, 0.29) is 30.3 Å². The lowest BCUT2D eigenvalue weighted by Crippen LogP contribution is -3.05. The second-order valence-electron chi connectivity index (χ2n) is 9.54. The lowest BCUT2D eigenvalue weighted by molar-refractivity contribution is -0.819. The van der Waals surface area contributed by atoms with E-state index in [9.17, 15) is 19.8 Å². The minimum absolute atomic E-state index is 0.0481. The predicted molar refractivity (Wildman–Crippen MR) is 115 cm³/mol. The third-order valence-electron chi connectivity index (χ3n) is 7.08. The van der Waals surface area contributed by atoms with E-state index in [0.717, 1.165) is 29.7 Å². The van der Waals surface area contributed by atoms with Crippen LogP contribution in [0.25, 0.3) is 0 Å². The molecule has 0 bridgehead atoms. The quantitative estimate of drug-likeness (QED) is 0.443. The first kappa shape index (κ1) is 25.6. The molecular formula is C24H39NO6. The Hall–Kier alpha value is -1.70. The molecule has 7 nitrogen and oxygen atoms in total. The number of carbonyl (C=O) groups excluding carboxylic acids is 1. The normalized spacial score (nSPS) is 31.5. The smallest absolute Gasteiger partial charge is 0.305 e. The van der Waals surface area contributed by atoms with Crippen LogP contribution in [0.5, 0.6) is 0 Å². The minimum Gasteiger partial charge on any atom is -0.545 e. The fourth-order valence-electron chi connectivity index (χ4n) is 5.45. The van der Waals surface area contributed by atoms with Crippen LogP contribution in [0.4, 0.5) is 0 Å². The topological polar surface area (TPSA) is 111 Å². The zero-order valence-corrected chi connectivity index (χ0v) is 19.5. The van der Waals surface area contributed by atoms with Crippen LogP contribution in [0, 0.1) is 17.8 Å². The summed E-state index contributed by atoms with van der Waals surface area (Å²) in [5.74, 6) is -2.07. The number of quaternary nitrogens is 1. The average molecular weight is 438 g/mol. The van der Waals surface area contributed by atoms with Crippen LogP contribution in [-0.4, -0.2) is 53.6 Å². The largest absolute Gasteiger partial charge is 0.545 e. The van der Waals surface area contributed by atoms with E-state index in [1.54, 1.807) is 0 Å². The number of nitrogens with one attached hydrogen (secondary N) is 1. The molecular weight excluding hydrogens is 398 g/mol. The Kier molecular flexibility index (Phi) is 8.86.